The maximum atomic E-state index is 12.9. The predicted octanol–water partition coefficient (Wildman–Crippen LogP) is 4.11. The second-order valence-corrected chi connectivity index (χ2v) is 6.93. The van der Waals surface area contributed by atoms with Gasteiger partial charge in [0.2, 0.25) is 0 Å². The maximum Gasteiger partial charge on any atom is 0.267 e. The van der Waals surface area contributed by atoms with Crippen LogP contribution in [-0.4, -0.2) is 36.1 Å². The van der Waals surface area contributed by atoms with E-state index in [2.05, 4.69) is 6.92 Å². The molecular weight excluding hydrogens is 322 g/mol. The van der Waals surface area contributed by atoms with Crippen molar-refractivity contribution in [3.63, 3.8) is 0 Å². The molecule has 0 N–H and O–H groups in total. The van der Waals surface area contributed by atoms with Crippen LogP contribution in [0.15, 0.2) is 29.2 Å². The summed E-state index contributed by atoms with van der Waals surface area (Å²) in [6.07, 6.45) is 4.14. The van der Waals surface area contributed by atoms with Gasteiger partial charge in [-0.25, -0.2) is 0 Å². The molecule has 4 nitrogen and oxygen atoms in total. The molecule has 24 heavy (non-hydrogen) atoms. The van der Waals surface area contributed by atoms with Crippen LogP contribution in [0.3, 0.4) is 0 Å². The number of unbranched alkanes of at least 4 members (excludes halogenated alkanes) is 3. The van der Waals surface area contributed by atoms with Crippen molar-refractivity contribution >= 4 is 29.1 Å². The van der Waals surface area contributed by atoms with E-state index < -0.39 is 0 Å². The minimum absolute atomic E-state index is 0.163. The summed E-state index contributed by atoms with van der Waals surface area (Å²) < 4.78 is 5.39. The SMILES string of the molecule is CCCCCCN1C(=O)C(SCC)=C(c2ccccc2OC)C1=O. The number of benzene rings is 1. The minimum Gasteiger partial charge on any atom is -0.496 e. The molecule has 1 heterocycles. The number of para-hydroxylation sites is 1. The summed E-state index contributed by atoms with van der Waals surface area (Å²) in [5.74, 6) is 1.01. The number of hydrogen-bond donors (Lipinski definition) is 0. The summed E-state index contributed by atoms with van der Waals surface area (Å²) in [5.41, 5.74) is 1.19. The van der Waals surface area contributed by atoms with Crippen molar-refractivity contribution in [1.29, 1.82) is 0 Å². The van der Waals surface area contributed by atoms with Gasteiger partial charge in [0, 0.05) is 12.1 Å². The van der Waals surface area contributed by atoms with Crippen molar-refractivity contribution in [2.75, 3.05) is 19.4 Å². The average Bonchev–Trinajstić information content (AvgIpc) is 2.83. The molecule has 1 aliphatic heterocycles. The Morgan fingerprint density at radius 2 is 1.79 bits per heavy atom. The standard InChI is InChI=1S/C19H25NO3S/c1-4-6-7-10-13-20-18(21)16(17(19(20)22)24-5-2)14-11-8-9-12-15(14)23-3/h8-9,11-12H,4-7,10,13H2,1-3H3. The van der Waals surface area contributed by atoms with Crippen LogP contribution in [0.1, 0.15) is 45.1 Å². The van der Waals surface area contributed by atoms with Gasteiger partial charge in [-0.3, -0.25) is 14.5 Å². The topological polar surface area (TPSA) is 46.6 Å². The van der Waals surface area contributed by atoms with Gasteiger partial charge >= 0.3 is 0 Å². The number of thioether (sulfide) groups is 1. The second kappa shape index (κ2) is 8.92. The van der Waals surface area contributed by atoms with E-state index in [-0.39, 0.29) is 11.8 Å². The Morgan fingerprint density at radius 1 is 1.04 bits per heavy atom. The van der Waals surface area contributed by atoms with Crippen LogP contribution in [0.4, 0.5) is 0 Å². The van der Waals surface area contributed by atoms with Crippen molar-refractivity contribution < 1.29 is 14.3 Å². The molecule has 0 aliphatic carbocycles. The summed E-state index contributed by atoms with van der Waals surface area (Å²) in [7, 11) is 1.58. The lowest BCUT2D eigenvalue weighted by atomic mass is 10.0. The Bertz CT molecular complexity index is 639. The summed E-state index contributed by atoms with van der Waals surface area (Å²) >= 11 is 1.43. The zero-order chi connectivity index (χ0) is 17.5. The highest BCUT2D eigenvalue weighted by atomic mass is 32.2. The van der Waals surface area contributed by atoms with Crippen LogP contribution < -0.4 is 4.74 Å². The number of ether oxygens (including phenoxy) is 1. The van der Waals surface area contributed by atoms with Crippen LogP contribution in [0.5, 0.6) is 5.75 Å². The fourth-order valence-electron chi connectivity index (χ4n) is 2.82. The third-order valence-electron chi connectivity index (χ3n) is 4.03. The van der Waals surface area contributed by atoms with E-state index in [1.54, 1.807) is 7.11 Å². The highest BCUT2D eigenvalue weighted by molar-refractivity contribution is 8.04. The van der Waals surface area contributed by atoms with Gasteiger partial charge in [0.1, 0.15) is 5.75 Å². The number of imide groups is 1. The van der Waals surface area contributed by atoms with Crippen LogP contribution in [0, 0.1) is 0 Å². The lowest BCUT2D eigenvalue weighted by Crippen LogP contribution is -2.32. The summed E-state index contributed by atoms with van der Waals surface area (Å²) in [4.78, 5) is 27.6. The molecule has 2 rings (SSSR count). The second-order valence-electron chi connectivity index (χ2n) is 5.66. The fourth-order valence-corrected chi connectivity index (χ4v) is 3.68. The summed E-state index contributed by atoms with van der Waals surface area (Å²) in [6, 6.07) is 7.38. The monoisotopic (exact) mass is 347 g/mol. The average molecular weight is 347 g/mol. The number of carbonyl (C=O) groups excluding carboxylic acids is 2. The zero-order valence-corrected chi connectivity index (χ0v) is 15.4. The Morgan fingerprint density at radius 3 is 2.46 bits per heavy atom. The number of carbonyl (C=O) groups is 2. The molecule has 0 aromatic heterocycles. The molecule has 0 saturated carbocycles. The van der Waals surface area contributed by atoms with Gasteiger partial charge in [-0.2, -0.15) is 0 Å². The van der Waals surface area contributed by atoms with E-state index in [0.29, 0.717) is 28.3 Å². The van der Waals surface area contributed by atoms with Crippen molar-refractivity contribution in [1.82, 2.24) is 4.90 Å². The van der Waals surface area contributed by atoms with Crippen LogP contribution in [0.2, 0.25) is 0 Å². The highest BCUT2D eigenvalue weighted by Gasteiger charge is 2.39. The fraction of sp³-hybridized carbons (Fsp3) is 0.474. The van der Waals surface area contributed by atoms with Crippen LogP contribution in [0.25, 0.3) is 5.57 Å². The Balaban J connectivity index is 2.32. The lowest BCUT2D eigenvalue weighted by molar-refractivity contribution is -0.136. The third kappa shape index (κ3) is 3.83. The highest BCUT2D eigenvalue weighted by Crippen LogP contribution is 2.39. The van der Waals surface area contributed by atoms with Crippen LogP contribution >= 0.6 is 11.8 Å². The summed E-state index contributed by atoms with van der Waals surface area (Å²) in [6.45, 7) is 4.62. The van der Waals surface area contributed by atoms with E-state index in [0.717, 1.165) is 31.4 Å². The molecule has 0 unspecified atom stereocenters. The molecule has 0 spiro atoms. The molecule has 0 radical (unpaired) electrons. The quantitative estimate of drug-likeness (QED) is 0.498. The van der Waals surface area contributed by atoms with Crippen molar-refractivity contribution in [2.24, 2.45) is 0 Å². The van der Waals surface area contributed by atoms with E-state index in [9.17, 15) is 9.59 Å². The molecule has 5 heteroatoms. The van der Waals surface area contributed by atoms with Gasteiger partial charge in [-0.1, -0.05) is 51.3 Å². The number of hydrogen-bond acceptors (Lipinski definition) is 4. The van der Waals surface area contributed by atoms with Gasteiger partial charge in [0.25, 0.3) is 11.8 Å². The largest absolute Gasteiger partial charge is 0.496 e. The molecule has 130 valence electrons. The van der Waals surface area contributed by atoms with E-state index in [1.807, 2.05) is 31.2 Å². The number of nitrogens with zero attached hydrogens (tertiary/aromatic N) is 1. The molecule has 1 aromatic rings. The molecule has 2 amide bonds. The molecular formula is C19H25NO3S. The maximum absolute atomic E-state index is 12.9. The molecule has 0 atom stereocenters. The van der Waals surface area contributed by atoms with E-state index >= 15 is 0 Å². The normalized spacial score (nSPS) is 14.7. The van der Waals surface area contributed by atoms with Gasteiger partial charge in [-0.05, 0) is 18.2 Å². The smallest absolute Gasteiger partial charge is 0.267 e. The van der Waals surface area contributed by atoms with Gasteiger partial charge < -0.3 is 4.74 Å². The van der Waals surface area contributed by atoms with E-state index in [4.69, 9.17) is 4.74 Å². The van der Waals surface area contributed by atoms with E-state index in [1.165, 1.54) is 16.7 Å². The van der Waals surface area contributed by atoms with Gasteiger partial charge in [-0.15, -0.1) is 11.8 Å². The zero-order valence-electron chi connectivity index (χ0n) is 14.6. The first-order chi connectivity index (χ1) is 11.7. The van der Waals surface area contributed by atoms with Crippen LogP contribution in [-0.2, 0) is 9.59 Å². The Hall–Kier alpha value is -1.75. The minimum atomic E-state index is -0.197. The predicted molar refractivity (Wildman–Crippen MR) is 98.9 cm³/mol. The van der Waals surface area contributed by atoms with Gasteiger partial charge in [0.05, 0.1) is 17.6 Å². The molecule has 0 saturated heterocycles. The molecule has 1 aliphatic rings. The molecule has 1 aromatic carbocycles. The first kappa shape index (κ1) is 18.6. The number of methoxy groups -OCH3 is 1. The first-order valence-corrected chi connectivity index (χ1v) is 9.50. The Labute approximate surface area is 148 Å². The molecule has 0 fully saturated rings. The van der Waals surface area contributed by atoms with Crippen molar-refractivity contribution in [3.05, 3.63) is 34.7 Å². The Kier molecular flexibility index (Phi) is 6.91. The third-order valence-corrected chi connectivity index (χ3v) is 4.98. The lowest BCUT2D eigenvalue weighted by Gasteiger charge is -2.15. The van der Waals surface area contributed by atoms with Crippen molar-refractivity contribution in [3.8, 4) is 5.75 Å². The van der Waals surface area contributed by atoms with Crippen molar-refractivity contribution in [2.45, 2.75) is 39.5 Å². The van der Waals surface area contributed by atoms with Gasteiger partial charge in [0.15, 0.2) is 0 Å². The number of rotatable bonds is 9. The number of amides is 2. The molecule has 0 bridgehead atoms. The first-order valence-electron chi connectivity index (χ1n) is 8.52. The summed E-state index contributed by atoms with van der Waals surface area (Å²) in [5, 5.41) is 0.